The van der Waals surface area contributed by atoms with Gasteiger partial charge >= 0.3 is 11.7 Å². The van der Waals surface area contributed by atoms with Gasteiger partial charge < -0.3 is 10.0 Å². The van der Waals surface area contributed by atoms with E-state index in [4.69, 9.17) is 11.6 Å². The molecular weight excluding hydrogens is 300 g/mol. The second-order valence-corrected chi connectivity index (χ2v) is 6.06. The molecule has 0 saturated heterocycles. The van der Waals surface area contributed by atoms with Crippen molar-refractivity contribution in [2.75, 3.05) is 11.9 Å². The first-order chi connectivity index (χ1) is 9.46. The summed E-state index contributed by atoms with van der Waals surface area (Å²) in [7, 11) is 1.44. The average molecular weight is 317 g/mol. The molecule has 0 aromatic carbocycles. The van der Waals surface area contributed by atoms with Crippen LogP contribution < -0.4 is 4.90 Å². The fourth-order valence-corrected chi connectivity index (χ4v) is 2.42. The number of rotatable bonds is 4. The lowest BCUT2D eigenvalue weighted by molar-refractivity contribution is -0.385. The number of aliphatic carboxylic acids is 1. The molecular formula is C12H17ClN4O4. The van der Waals surface area contributed by atoms with Crippen molar-refractivity contribution in [3.8, 4) is 0 Å². The lowest BCUT2D eigenvalue weighted by atomic mass is 9.86. The Hall–Kier alpha value is -1.96. The minimum atomic E-state index is -1.10. The molecule has 0 fully saturated rings. The van der Waals surface area contributed by atoms with Crippen LogP contribution in [-0.2, 0) is 4.79 Å². The summed E-state index contributed by atoms with van der Waals surface area (Å²) in [5, 5.41) is 20.5. The van der Waals surface area contributed by atoms with Crippen LogP contribution >= 0.6 is 11.6 Å². The Bertz CT molecular complexity index is 585. The highest BCUT2D eigenvalue weighted by atomic mass is 35.5. The number of aryl methyl sites for hydroxylation is 1. The van der Waals surface area contributed by atoms with Crippen molar-refractivity contribution in [1.29, 1.82) is 0 Å². The van der Waals surface area contributed by atoms with Crippen LogP contribution in [-0.4, -0.2) is 39.1 Å². The third-order valence-electron chi connectivity index (χ3n) is 2.97. The van der Waals surface area contributed by atoms with Crippen LogP contribution in [0.15, 0.2) is 0 Å². The molecule has 1 heterocycles. The molecule has 1 aromatic rings. The van der Waals surface area contributed by atoms with Crippen LogP contribution in [0, 0.1) is 22.5 Å². The fraction of sp³-hybridized carbons (Fsp3) is 0.583. The maximum atomic E-state index is 11.5. The van der Waals surface area contributed by atoms with E-state index in [2.05, 4.69) is 9.97 Å². The van der Waals surface area contributed by atoms with Crippen molar-refractivity contribution >= 4 is 29.1 Å². The largest absolute Gasteiger partial charge is 0.480 e. The van der Waals surface area contributed by atoms with Crippen LogP contribution in [0.25, 0.3) is 0 Å². The second kappa shape index (κ2) is 5.80. The Morgan fingerprint density at radius 1 is 1.43 bits per heavy atom. The summed E-state index contributed by atoms with van der Waals surface area (Å²) < 4.78 is 0. The summed E-state index contributed by atoms with van der Waals surface area (Å²) in [6.45, 7) is 6.60. The van der Waals surface area contributed by atoms with E-state index in [1.165, 1.54) is 18.9 Å². The molecule has 1 N–H and O–H groups in total. The smallest absolute Gasteiger partial charge is 0.332 e. The molecule has 0 aliphatic rings. The Kier molecular flexibility index (Phi) is 4.72. The van der Waals surface area contributed by atoms with E-state index >= 15 is 0 Å². The summed E-state index contributed by atoms with van der Waals surface area (Å²) in [6, 6.07) is -1.01. The zero-order valence-corrected chi connectivity index (χ0v) is 13.2. The highest BCUT2D eigenvalue weighted by molar-refractivity contribution is 6.28. The first-order valence-corrected chi connectivity index (χ1v) is 6.48. The van der Waals surface area contributed by atoms with Crippen molar-refractivity contribution < 1.29 is 14.8 Å². The van der Waals surface area contributed by atoms with Gasteiger partial charge in [-0.05, 0) is 23.9 Å². The molecule has 0 bridgehead atoms. The Labute approximate surface area is 126 Å². The van der Waals surface area contributed by atoms with E-state index in [0.29, 0.717) is 0 Å². The monoisotopic (exact) mass is 316 g/mol. The van der Waals surface area contributed by atoms with Gasteiger partial charge in [-0.1, -0.05) is 20.8 Å². The van der Waals surface area contributed by atoms with Gasteiger partial charge in [0.25, 0.3) is 0 Å². The zero-order valence-electron chi connectivity index (χ0n) is 12.4. The van der Waals surface area contributed by atoms with Crippen LogP contribution in [0.5, 0.6) is 0 Å². The standard InChI is InChI=1S/C12H17ClN4O4/c1-6-7(17(20)21)9(15-11(13)14-6)16(5)8(10(18)19)12(2,3)4/h8H,1-5H3,(H,18,19)/t8-/m1/s1. The number of carboxylic acid groups (broad SMARTS) is 1. The number of hydrogen-bond donors (Lipinski definition) is 1. The van der Waals surface area contributed by atoms with Gasteiger partial charge in [0.15, 0.2) is 0 Å². The molecule has 8 nitrogen and oxygen atoms in total. The number of hydrogen-bond acceptors (Lipinski definition) is 6. The van der Waals surface area contributed by atoms with Crippen LogP contribution in [0.4, 0.5) is 11.5 Å². The number of nitro groups is 1. The molecule has 0 spiro atoms. The van der Waals surface area contributed by atoms with Crippen LogP contribution in [0.2, 0.25) is 5.28 Å². The maximum absolute atomic E-state index is 11.5. The quantitative estimate of drug-likeness (QED) is 0.515. The minimum absolute atomic E-state index is 0.0832. The molecule has 0 unspecified atom stereocenters. The van der Waals surface area contributed by atoms with Gasteiger partial charge in [0.1, 0.15) is 11.7 Å². The molecule has 0 aliphatic carbocycles. The van der Waals surface area contributed by atoms with E-state index in [-0.39, 0.29) is 22.5 Å². The van der Waals surface area contributed by atoms with Gasteiger partial charge in [-0.3, -0.25) is 10.1 Å². The van der Waals surface area contributed by atoms with E-state index in [0.717, 1.165) is 0 Å². The lowest BCUT2D eigenvalue weighted by Gasteiger charge is -2.35. The summed E-state index contributed by atoms with van der Waals surface area (Å²) in [5.41, 5.74) is -0.933. The Morgan fingerprint density at radius 2 is 1.95 bits per heavy atom. The van der Waals surface area contributed by atoms with Gasteiger partial charge in [0, 0.05) is 7.05 Å². The van der Waals surface area contributed by atoms with Crippen LogP contribution in [0.1, 0.15) is 26.5 Å². The number of carboxylic acids is 1. The molecule has 0 radical (unpaired) electrons. The SMILES string of the molecule is Cc1nc(Cl)nc(N(C)[C@H](C(=O)O)C(C)(C)C)c1[N+](=O)[O-]. The molecule has 21 heavy (non-hydrogen) atoms. The maximum Gasteiger partial charge on any atom is 0.332 e. The summed E-state index contributed by atoms with van der Waals surface area (Å²) in [5.74, 6) is -1.22. The normalized spacial score (nSPS) is 12.9. The minimum Gasteiger partial charge on any atom is -0.480 e. The van der Waals surface area contributed by atoms with E-state index in [1.807, 2.05) is 0 Å². The third-order valence-corrected chi connectivity index (χ3v) is 3.14. The van der Waals surface area contributed by atoms with Crippen molar-refractivity contribution in [3.63, 3.8) is 0 Å². The number of carbonyl (C=O) groups is 1. The molecule has 1 atom stereocenters. The fourth-order valence-electron chi connectivity index (χ4n) is 2.22. The average Bonchev–Trinajstić information content (AvgIpc) is 2.24. The highest BCUT2D eigenvalue weighted by Crippen LogP contribution is 2.34. The first kappa shape index (κ1) is 17.1. The predicted octanol–water partition coefficient (Wildman–Crippen LogP) is 2.28. The van der Waals surface area contributed by atoms with Crippen LogP contribution in [0.3, 0.4) is 0 Å². The summed E-state index contributed by atoms with van der Waals surface area (Å²) >= 11 is 5.75. The lowest BCUT2D eigenvalue weighted by Crippen LogP contribution is -2.48. The van der Waals surface area contributed by atoms with Gasteiger partial charge in [-0.25, -0.2) is 9.78 Å². The first-order valence-electron chi connectivity index (χ1n) is 6.11. The molecule has 1 rings (SSSR count). The van der Waals surface area contributed by atoms with Gasteiger partial charge in [0.2, 0.25) is 11.1 Å². The molecule has 116 valence electrons. The number of likely N-dealkylation sites (N-methyl/N-ethyl adjacent to an activating group) is 1. The Balaban J connectivity index is 3.51. The predicted molar refractivity (Wildman–Crippen MR) is 77.7 cm³/mol. The van der Waals surface area contributed by atoms with E-state index in [9.17, 15) is 20.0 Å². The summed E-state index contributed by atoms with van der Waals surface area (Å²) in [4.78, 5) is 30.9. The zero-order chi connectivity index (χ0) is 16.5. The topological polar surface area (TPSA) is 109 Å². The summed E-state index contributed by atoms with van der Waals surface area (Å²) in [6.07, 6.45) is 0. The van der Waals surface area contributed by atoms with Crippen molar-refractivity contribution in [2.45, 2.75) is 33.7 Å². The molecule has 1 aromatic heterocycles. The molecule has 0 saturated carbocycles. The second-order valence-electron chi connectivity index (χ2n) is 5.73. The van der Waals surface area contributed by atoms with E-state index in [1.54, 1.807) is 20.8 Å². The highest BCUT2D eigenvalue weighted by Gasteiger charge is 2.38. The van der Waals surface area contributed by atoms with Gasteiger partial charge in [-0.2, -0.15) is 4.98 Å². The van der Waals surface area contributed by atoms with E-state index < -0.39 is 22.3 Å². The van der Waals surface area contributed by atoms with Gasteiger partial charge in [0.05, 0.1) is 4.92 Å². The molecule has 0 amide bonds. The number of nitrogens with zero attached hydrogens (tertiary/aromatic N) is 4. The number of aromatic nitrogens is 2. The third kappa shape index (κ3) is 3.57. The van der Waals surface area contributed by atoms with Crippen molar-refractivity contribution in [3.05, 3.63) is 21.1 Å². The van der Waals surface area contributed by atoms with Gasteiger partial charge in [-0.15, -0.1) is 0 Å². The van der Waals surface area contributed by atoms with Crippen molar-refractivity contribution in [2.24, 2.45) is 5.41 Å². The number of anilines is 1. The number of halogens is 1. The Morgan fingerprint density at radius 3 is 2.33 bits per heavy atom. The van der Waals surface area contributed by atoms with Crippen molar-refractivity contribution in [1.82, 2.24) is 9.97 Å². The molecule has 0 aliphatic heterocycles. The molecule has 9 heteroatoms.